The highest BCUT2D eigenvalue weighted by atomic mass is 35.5. The average Bonchev–Trinajstić information content (AvgIpc) is 2.94. The summed E-state index contributed by atoms with van der Waals surface area (Å²) in [6.07, 6.45) is 0. The van der Waals surface area contributed by atoms with Crippen LogP contribution in [0.5, 0.6) is 0 Å². The predicted octanol–water partition coefficient (Wildman–Crippen LogP) is 2.49. The van der Waals surface area contributed by atoms with E-state index in [4.69, 9.17) is 20.9 Å². The molecule has 1 amide bonds. The summed E-state index contributed by atoms with van der Waals surface area (Å²) in [6, 6.07) is 9.29. The summed E-state index contributed by atoms with van der Waals surface area (Å²) in [6.45, 7) is 0.702. The molecule has 0 saturated carbocycles. The van der Waals surface area contributed by atoms with Crippen LogP contribution in [-0.4, -0.2) is 18.2 Å². The van der Waals surface area contributed by atoms with Crippen molar-refractivity contribution in [3.05, 3.63) is 52.9 Å². The van der Waals surface area contributed by atoms with Gasteiger partial charge in [-0.25, -0.2) is 0 Å². The Morgan fingerprint density at radius 3 is 2.95 bits per heavy atom. The number of rotatable bonds is 6. The molecule has 0 radical (unpaired) electrons. The first kappa shape index (κ1) is 14.6. The Hall–Kier alpha value is -1.85. The molecule has 0 aliphatic carbocycles. The lowest BCUT2D eigenvalue weighted by atomic mass is 10.1. The monoisotopic (exact) mass is 294 g/mol. The van der Waals surface area contributed by atoms with E-state index >= 15 is 0 Å². The van der Waals surface area contributed by atoms with Crippen LogP contribution in [0.15, 0.2) is 34.9 Å². The maximum absolute atomic E-state index is 11.9. The van der Waals surface area contributed by atoms with Crippen molar-refractivity contribution in [2.45, 2.75) is 19.0 Å². The summed E-state index contributed by atoms with van der Waals surface area (Å²) in [5, 5.41) is 6.47. The third kappa shape index (κ3) is 3.82. The van der Waals surface area contributed by atoms with Crippen molar-refractivity contribution in [1.82, 2.24) is 10.5 Å². The molecule has 0 bridgehead atoms. The first-order chi connectivity index (χ1) is 9.72. The molecule has 0 fully saturated rings. The number of hydrogen-bond acceptors (Lipinski definition) is 4. The molecule has 1 aromatic heterocycles. The fourth-order valence-corrected chi connectivity index (χ4v) is 1.89. The number of aromatic nitrogens is 1. The van der Waals surface area contributed by atoms with Crippen LogP contribution in [0.25, 0.3) is 0 Å². The van der Waals surface area contributed by atoms with E-state index in [0.29, 0.717) is 18.2 Å². The van der Waals surface area contributed by atoms with Gasteiger partial charge in [0, 0.05) is 25.6 Å². The van der Waals surface area contributed by atoms with Gasteiger partial charge in [-0.05, 0) is 11.1 Å². The van der Waals surface area contributed by atoms with Crippen LogP contribution < -0.4 is 5.32 Å². The van der Waals surface area contributed by atoms with Gasteiger partial charge in [0.05, 0.1) is 0 Å². The predicted molar refractivity (Wildman–Crippen MR) is 74.4 cm³/mol. The zero-order chi connectivity index (χ0) is 14.4. The van der Waals surface area contributed by atoms with Crippen LogP contribution in [0.3, 0.4) is 0 Å². The molecule has 0 unspecified atom stereocenters. The van der Waals surface area contributed by atoms with E-state index in [0.717, 1.165) is 11.1 Å². The third-order valence-electron chi connectivity index (χ3n) is 2.68. The largest absolute Gasteiger partial charge is 0.377 e. The second kappa shape index (κ2) is 7.07. The van der Waals surface area contributed by atoms with Crippen molar-refractivity contribution in [2.24, 2.45) is 0 Å². The van der Waals surface area contributed by atoms with Gasteiger partial charge in [0.15, 0.2) is 11.5 Å². The molecule has 106 valence electrons. The number of hydrogen-bond donors (Lipinski definition) is 1. The Labute approximate surface area is 121 Å². The maximum Gasteiger partial charge on any atom is 0.273 e. The number of nitrogens with one attached hydrogen (secondary N) is 1. The zero-order valence-corrected chi connectivity index (χ0v) is 11.8. The minimum atomic E-state index is -0.285. The summed E-state index contributed by atoms with van der Waals surface area (Å²) in [5.74, 6) is 0.681. The van der Waals surface area contributed by atoms with Crippen LogP contribution in [0.1, 0.15) is 27.4 Å². The van der Waals surface area contributed by atoms with Gasteiger partial charge in [0.25, 0.3) is 5.91 Å². The Bertz CT molecular complexity index is 583. The summed E-state index contributed by atoms with van der Waals surface area (Å²) >= 11 is 5.77. The quantitative estimate of drug-likeness (QED) is 0.831. The number of methoxy groups -OCH3 is 1. The number of halogens is 1. The number of benzene rings is 1. The molecule has 6 heteroatoms. The van der Waals surface area contributed by atoms with Gasteiger partial charge < -0.3 is 14.6 Å². The number of carbonyl (C=O) groups is 1. The zero-order valence-electron chi connectivity index (χ0n) is 11.1. The van der Waals surface area contributed by atoms with Gasteiger partial charge in [-0.2, -0.15) is 0 Å². The number of alkyl halides is 1. The smallest absolute Gasteiger partial charge is 0.273 e. The van der Waals surface area contributed by atoms with Crippen LogP contribution >= 0.6 is 11.6 Å². The molecule has 1 heterocycles. The molecule has 2 aromatic rings. The van der Waals surface area contributed by atoms with Crippen molar-refractivity contribution in [3.8, 4) is 0 Å². The Balaban J connectivity index is 1.93. The molecule has 2 rings (SSSR count). The highest BCUT2D eigenvalue weighted by Crippen LogP contribution is 2.08. The molecule has 0 aliphatic heterocycles. The van der Waals surface area contributed by atoms with Crippen LogP contribution in [-0.2, 0) is 23.8 Å². The number of carbonyl (C=O) groups excluding carboxylic acids is 1. The molecule has 1 N–H and O–H groups in total. The van der Waals surface area contributed by atoms with Gasteiger partial charge in [0.2, 0.25) is 0 Å². The fourth-order valence-electron chi connectivity index (χ4n) is 1.73. The normalized spacial score (nSPS) is 10.5. The van der Waals surface area contributed by atoms with Crippen molar-refractivity contribution < 1.29 is 14.1 Å². The first-order valence-electron chi connectivity index (χ1n) is 6.09. The second-order valence-corrected chi connectivity index (χ2v) is 4.51. The molecule has 0 aliphatic rings. The van der Waals surface area contributed by atoms with Crippen LogP contribution in [0.4, 0.5) is 0 Å². The van der Waals surface area contributed by atoms with E-state index in [2.05, 4.69) is 10.5 Å². The van der Waals surface area contributed by atoms with Gasteiger partial charge in [-0.15, -0.1) is 11.6 Å². The molecular formula is C14H15ClN2O3. The Morgan fingerprint density at radius 1 is 1.40 bits per heavy atom. The van der Waals surface area contributed by atoms with Gasteiger partial charge in [-0.1, -0.05) is 29.4 Å². The lowest BCUT2D eigenvalue weighted by molar-refractivity contribution is 0.0941. The lowest BCUT2D eigenvalue weighted by Gasteiger charge is -2.04. The number of nitrogens with zero attached hydrogens (tertiary/aromatic N) is 1. The molecule has 1 aromatic carbocycles. The molecular weight excluding hydrogens is 280 g/mol. The molecule has 0 spiro atoms. The molecule has 20 heavy (non-hydrogen) atoms. The number of ether oxygens (including phenoxy) is 1. The van der Waals surface area contributed by atoms with E-state index in [1.807, 2.05) is 24.3 Å². The van der Waals surface area contributed by atoms with E-state index < -0.39 is 0 Å². The Kier molecular flexibility index (Phi) is 5.15. The van der Waals surface area contributed by atoms with Gasteiger partial charge in [0.1, 0.15) is 6.61 Å². The highest BCUT2D eigenvalue weighted by Gasteiger charge is 2.12. The van der Waals surface area contributed by atoms with Crippen LogP contribution in [0, 0.1) is 0 Å². The number of amides is 1. The van der Waals surface area contributed by atoms with Gasteiger partial charge >= 0.3 is 0 Å². The van der Waals surface area contributed by atoms with E-state index in [-0.39, 0.29) is 18.2 Å². The second-order valence-electron chi connectivity index (χ2n) is 4.25. The van der Waals surface area contributed by atoms with E-state index in [9.17, 15) is 4.79 Å². The summed E-state index contributed by atoms with van der Waals surface area (Å²) in [7, 11) is 1.55. The topological polar surface area (TPSA) is 64.4 Å². The molecule has 0 atom stereocenters. The van der Waals surface area contributed by atoms with E-state index in [1.165, 1.54) is 0 Å². The van der Waals surface area contributed by atoms with Gasteiger partial charge in [-0.3, -0.25) is 4.79 Å². The van der Waals surface area contributed by atoms with Crippen LogP contribution in [0.2, 0.25) is 0 Å². The van der Waals surface area contributed by atoms with Crippen molar-refractivity contribution >= 4 is 17.5 Å². The minimum absolute atomic E-state index is 0.241. The van der Waals surface area contributed by atoms with Crippen molar-refractivity contribution in [3.63, 3.8) is 0 Å². The minimum Gasteiger partial charge on any atom is -0.377 e. The fraction of sp³-hybridized carbons (Fsp3) is 0.286. The lowest BCUT2D eigenvalue weighted by Crippen LogP contribution is -2.23. The molecule has 0 saturated heterocycles. The standard InChI is InChI=1S/C14H15ClN2O3/c1-19-9-12-6-13(17-20-12)14(18)16-8-11-4-2-3-10(5-11)7-15/h2-6H,7-9H2,1H3,(H,16,18). The first-order valence-corrected chi connectivity index (χ1v) is 6.63. The Morgan fingerprint density at radius 2 is 2.20 bits per heavy atom. The highest BCUT2D eigenvalue weighted by molar-refractivity contribution is 6.17. The summed E-state index contributed by atoms with van der Waals surface area (Å²) in [4.78, 5) is 11.9. The van der Waals surface area contributed by atoms with E-state index in [1.54, 1.807) is 13.2 Å². The average molecular weight is 295 g/mol. The third-order valence-corrected chi connectivity index (χ3v) is 2.99. The van der Waals surface area contributed by atoms with Crippen molar-refractivity contribution in [1.29, 1.82) is 0 Å². The SMILES string of the molecule is COCc1cc(C(=O)NCc2cccc(CCl)c2)no1. The summed E-state index contributed by atoms with van der Waals surface area (Å²) < 4.78 is 9.86. The van der Waals surface area contributed by atoms with Crippen molar-refractivity contribution in [2.75, 3.05) is 7.11 Å². The molecule has 5 nitrogen and oxygen atoms in total. The maximum atomic E-state index is 11.9. The summed E-state index contributed by atoms with van der Waals surface area (Å²) in [5.41, 5.74) is 2.24.